The molecule has 2 aromatic carbocycles. The van der Waals surface area contributed by atoms with Crippen LogP contribution < -0.4 is 5.32 Å². The van der Waals surface area contributed by atoms with Gasteiger partial charge in [0.1, 0.15) is 18.7 Å². The maximum atomic E-state index is 13.9. The number of halogens is 4. The van der Waals surface area contributed by atoms with Gasteiger partial charge in [-0.1, -0.05) is 42.5 Å². The Bertz CT molecular complexity index is 1270. The Labute approximate surface area is 210 Å². The molecule has 3 rings (SSSR count). The number of ether oxygens (including phenoxy) is 1. The van der Waals surface area contributed by atoms with E-state index in [0.717, 1.165) is 34.9 Å². The molecule has 0 bridgehead atoms. The lowest BCUT2D eigenvalue weighted by Gasteiger charge is -2.30. The number of Topliss-reactive ketones (excluding diaryl/α,β-unsaturated/α-hetero) is 1. The van der Waals surface area contributed by atoms with Crippen LogP contribution in [0.5, 0.6) is 0 Å². The highest BCUT2D eigenvalue weighted by Gasteiger charge is 2.35. The largest absolute Gasteiger partial charge is 0.445 e. The molecule has 0 fully saturated rings. The fraction of sp³-hybridized carbons (Fsp3) is 0.231. The lowest BCUT2D eigenvalue weighted by molar-refractivity contribution is -0.137. The third-order valence-corrected chi connectivity index (χ3v) is 5.44. The van der Waals surface area contributed by atoms with Crippen molar-refractivity contribution in [2.75, 3.05) is 7.05 Å². The minimum Gasteiger partial charge on any atom is -0.445 e. The number of hydrogen-bond donors (Lipinski definition) is 1. The van der Waals surface area contributed by atoms with Gasteiger partial charge in [0.15, 0.2) is 5.78 Å². The van der Waals surface area contributed by atoms with Gasteiger partial charge in [-0.25, -0.2) is 9.78 Å². The van der Waals surface area contributed by atoms with Gasteiger partial charge in [-0.3, -0.25) is 9.59 Å². The molecule has 3 aromatic rings. The lowest BCUT2D eigenvalue weighted by Crippen LogP contribution is -2.48. The Hall–Kier alpha value is -4.28. The highest BCUT2D eigenvalue weighted by atomic mass is 19.4. The molecule has 1 heterocycles. The van der Waals surface area contributed by atoms with Gasteiger partial charge in [-0.05, 0) is 42.3 Å². The van der Waals surface area contributed by atoms with Crippen molar-refractivity contribution in [1.29, 1.82) is 0 Å². The number of benzene rings is 2. The number of alkyl carbamates (subject to hydrolysis) is 1. The predicted molar refractivity (Wildman–Crippen MR) is 125 cm³/mol. The van der Waals surface area contributed by atoms with Crippen LogP contribution in [0.25, 0.3) is 0 Å². The smallest absolute Gasteiger partial charge is 0.416 e. The molecule has 0 saturated heterocycles. The summed E-state index contributed by atoms with van der Waals surface area (Å²) in [6.07, 6.45) is -4.53. The molecule has 0 aliphatic rings. The van der Waals surface area contributed by atoms with Crippen molar-refractivity contribution >= 4 is 17.8 Å². The van der Waals surface area contributed by atoms with Crippen molar-refractivity contribution in [3.8, 4) is 0 Å². The van der Waals surface area contributed by atoms with Crippen molar-refractivity contribution in [2.45, 2.75) is 31.8 Å². The highest BCUT2D eigenvalue weighted by Crippen LogP contribution is 2.31. The Kier molecular flexibility index (Phi) is 8.59. The predicted octanol–water partition coefficient (Wildman–Crippen LogP) is 4.94. The molecule has 1 unspecified atom stereocenters. The highest BCUT2D eigenvalue weighted by molar-refractivity contribution is 6.03. The normalized spacial score (nSPS) is 12.8. The van der Waals surface area contributed by atoms with E-state index in [4.69, 9.17) is 4.74 Å². The molecule has 0 spiro atoms. The molecule has 0 radical (unpaired) electrons. The topological polar surface area (TPSA) is 88.6 Å². The molecule has 2 atom stereocenters. The van der Waals surface area contributed by atoms with Gasteiger partial charge >= 0.3 is 12.3 Å². The molecule has 1 N–H and O–H groups in total. The maximum absolute atomic E-state index is 13.9. The Morgan fingerprint density at radius 3 is 2.38 bits per heavy atom. The number of pyridine rings is 1. The molecular weight excluding hydrogens is 494 g/mol. The van der Waals surface area contributed by atoms with Crippen LogP contribution in [0.2, 0.25) is 0 Å². The summed E-state index contributed by atoms with van der Waals surface area (Å²) < 4.78 is 58.6. The first-order valence-electron chi connectivity index (χ1n) is 11.0. The second-order valence-electron chi connectivity index (χ2n) is 8.13. The summed E-state index contributed by atoms with van der Waals surface area (Å²) in [5.41, 5.74) is -0.674. The van der Waals surface area contributed by atoms with E-state index < -0.39 is 47.6 Å². The van der Waals surface area contributed by atoms with Crippen molar-refractivity contribution < 1.29 is 36.7 Å². The summed E-state index contributed by atoms with van der Waals surface area (Å²) in [6, 6.07) is 12.0. The van der Waals surface area contributed by atoms with E-state index in [9.17, 15) is 31.9 Å². The molecule has 7 nitrogen and oxygen atoms in total. The summed E-state index contributed by atoms with van der Waals surface area (Å²) in [5, 5.41) is 2.36. The van der Waals surface area contributed by atoms with E-state index in [2.05, 4.69) is 10.3 Å². The van der Waals surface area contributed by atoms with Crippen LogP contribution in [-0.2, 0) is 22.3 Å². The van der Waals surface area contributed by atoms with E-state index >= 15 is 0 Å². The summed E-state index contributed by atoms with van der Waals surface area (Å²) in [5.74, 6) is -2.60. The van der Waals surface area contributed by atoms with Crippen LogP contribution in [0.15, 0.2) is 72.9 Å². The monoisotopic (exact) mass is 517 g/mol. The molecule has 194 valence electrons. The standard InChI is InChI=1S/C26H23F4N3O4/c1-16(32-25(36)37-15-17-7-4-3-5-8-17)24(35)33(2)22(18-11-12-31-21(27)14-18)23(34)19-9-6-10-20(13-19)26(28,29)30/h3-14,16,22H,15H2,1-2H3,(H,32,36)/t16-,22?/m0/s1. The third-order valence-electron chi connectivity index (χ3n) is 5.44. The molecule has 11 heteroatoms. The number of hydrogen-bond acceptors (Lipinski definition) is 5. The fourth-order valence-corrected chi connectivity index (χ4v) is 3.58. The van der Waals surface area contributed by atoms with Crippen LogP contribution in [-0.4, -0.2) is 40.8 Å². The number of aromatic nitrogens is 1. The van der Waals surface area contributed by atoms with E-state index in [0.29, 0.717) is 6.07 Å². The van der Waals surface area contributed by atoms with Crippen molar-refractivity contribution in [3.63, 3.8) is 0 Å². The zero-order chi connectivity index (χ0) is 27.2. The SMILES string of the molecule is C[C@H](NC(=O)OCc1ccccc1)C(=O)N(C)C(C(=O)c1cccc(C(F)(F)F)c1)c1ccnc(F)c1. The van der Waals surface area contributed by atoms with Crippen LogP contribution in [0, 0.1) is 5.95 Å². The molecule has 0 aliphatic heterocycles. The fourth-order valence-electron chi connectivity index (χ4n) is 3.58. The van der Waals surface area contributed by atoms with Gasteiger partial charge in [-0.15, -0.1) is 0 Å². The van der Waals surface area contributed by atoms with Crippen LogP contribution >= 0.6 is 0 Å². The Morgan fingerprint density at radius 1 is 1.03 bits per heavy atom. The summed E-state index contributed by atoms with van der Waals surface area (Å²) in [7, 11) is 1.23. The summed E-state index contributed by atoms with van der Waals surface area (Å²) in [4.78, 5) is 43.0. The van der Waals surface area contributed by atoms with Gasteiger partial charge in [0, 0.05) is 18.8 Å². The summed E-state index contributed by atoms with van der Waals surface area (Å²) in [6.45, 7) is 1.30. The van der Waals surface area contributed by atoms with Gasteiger partial charge in [-0.2, -0.15) is 17.6 Å². The second kappa shape index (κ2) is 11.6. The third kappa shape index (κ3) is 7.12. The first-order valence-corrected chi connectivity index (χ1v) is 11.0. The average molecular weight is 517 g/mol. The number of ketones is 1. The van der Waals surface area contributed by atoms with Crippen LogP contribution in [0.1, 0.15) is 40.0 Å². The lowest BCUT2D eigenvalue weighted by atomic mass is 9.95. The average Bonchev–Trinajstić information content (AvgIpc) is 2.87. The second-order valence-corrected chi connectivity index (χ2v) is 8.13. The van der Waals surface area contributed by atoms with Crippen molar-refractivity contribution in [2.24, 2.45) is 0 Å². The molecule has 2 amide bonds. The first-order chi connectivity index (χ1) is 17.5. The maximum Gasteiger partial charge on any atom is 0.416 e. The van der Waals surface area contributed by atoms with Gasteiger partial charge < -0.3 is 15.0 Å². The van der Waals surface area contributed by atoms with E-state index in [1.165, 1.54) is 26.1 Å². The van der Waals surface area contributed by atoms with Crippen molar-refractivity contribution in [1.82, 2.24) is 15.2 Å². The van der Waals surface area contributed by atoms with Gasteiger partial charge in [0.05, 0.1) is 5.56 Å². The van der Waals surface area contributed by atoms with Gasteiger partial charge in [0.25, 0.3) is 0 Å². The minimum atomic E-state index is -4.70. The zero-order valence-corrected chi connectivity index (χ0v) is 19.8. The first kappa shape index (κ1) is 27.3. The van der Waals surface area contributed by atoms with E-state index in [1.54, 1.807) is 30.3 Å². The van der Waals surface area contributed by atoms with E-state index in [-0.39, 0.29) is 17.7 Å². The minimum absolute atomic E-state index is 0.00961. The molecule has 0 aliphatic carbocycles. The Balaban J connectivity index is 1.82. The zero-order valence-electron chi connectivity index (χ0n) is 19.8. The number of likely N-dealkylation sites (N-methyl/N-ethyl adjacent to an activating group) is 1. The van der Waals surface area contributed by atoms with Crippen molar-refractivity contribution in [3.05, 3.63) is 101 Å². The number of carbonyl (C=O) groups is 3. The molecular formula is C26H23F4N3O4. The number of alkyl halides is 3. The number of nitrogens with zero attached hydrogens (tertiary/aromatic N) is 2. The number of rotatable bonds is 8. The molecule has 37 heavy (non-hydrogen) atoms. The number of amides is 2. The molecule has 1 aromatic heterocycles. The van der Waals surface area contributed by atoms with E-state index in [1.807, 2.05) is 0 Å². The Morgan fingerprint density at radius 2 is 1.73 bits per heavy atom. The number of carbonyl (C=O) groups excluding carboxylic acids is 3. The molecule has 0 saturated carbocycles. The van der Waals surface area contributed by atoms with Gasteiger partial charge in [0.2, 0.25) is 11.9 Å². The quantitative estimate of drug-likeness (QED) is 0.260. The summed E-state index contributed by atoms with van der Waals surface area (Å²) >= 11 is 0. The van der Waals surface area contributed by atoms with Crippen LogP contribution in [0.3, 0.4) is 0 Å². The van der Waals surface area contributed by atoms with Crippen LogP contribution in [0.4, 0.5) is 22.4 Å². The number of nitrogens with one attached hydrogen (secondary N) is 1.